The highest BCUT2D eigenvalue weighted by atomic mass is 19.4. The van der Waals surface area contributed by atoms with Crippen molar-refractivity contribution < 1.29 is 27.2 Å². The third-order valence-corrected chi connectivity index (χ3v) is 1.96. The molecule has 100 valence electrons. The summed E-state index contributed by atoms with van der Waals surface area (Å²) in [6.45, 7) is 0. The van der Waals surface area contributed by atoms with Gasteiger partial charge in [-0.15, -0.1) is 13.2 Å². The molecular weight excluding hydrogens is 267 g/mol. The van der Waals surface area contributed by atoms with Crippen LogP contribution in [0.2, 0.25) is 0 Å². The average molecular weight is 273 g/mol. The minimum absolute atomic E-state index is 0.0681. The molecule has 2 rings (SSSR count). The maximum atomic E-state index is 12.1. The number of hydrogen-bond donors (Lipinski definition) is 1. The molecule has 1 aromatic carbocycles. The summed E-state index contributed by atoms with van der Waals surface area (Å²) in [6, 6.07) is 4.92. The van der Waals surface area contributed by atoms with E-state index in [9.17, 15) is 18.0 Å². The molecule has 1 amide bonds. The van der Waals surface area contributed by atoms with Crippen molar-refractivity contribution in [1.82, 2.24) is 10.1 Å². The van der Waals surface area contributed by atoms with E-state index in [1.165, 1.54) is 12.1 Å². The molecule has 0 spiro atoms. The topological polar surface area (TPSA) is 91.2 Å². The number of primary amides is 1. The molecular formula is C10H6F3N3O3. The van der Waals surface area contributed by atoms with E-state index < -0.39 is 23.9 Å². The number of rotatable bonds is 3. The van der Waals surface area contributed by atoms with Gasteiger partial charge in [0.05, 0.1) is 0 Å². The second-order valence-corrected chi connectivity index (χ2v) is 3.36. The summed E-state index contributed by atoms with van der Waals surface area (Å²) in [7, 11) is 0. The number of amides is 1. The van der Waals surface area contributed by atoms with Crippen LogP contribution in [0.15, 0.2) is 28.8 Å². The minimum atomic E-state index is -4.80. The number of benzene rings is 1. The average Bonchev–Trinajstić information content (AvgIpc) is 2.76. The highest BCUT2D eigenvalue weighted by Gasteiger charge is 2.31. The van der Waals surface area contributed by atoms with Crippen molar-refractivity contribution in [2.45, 2.75) is 6.36 Å². The zero-order valence-electron chi connectivity index (χ0n) is 9.14. The van der Waals surface area contributed by atoms with E-state index >= 15 is 0 Å². The summed E-state index contributed by atoms with van der Waals surface area (Å²) >= 11 is 0. The second kappa shape index (κ2) is 4.59. The number of nitrogens with two attached hydrogens (primary N) is 1. The molecule has 19 heavy (non-hydrogen) atoms. The van der Waals surface area contributed by atoms with Gasteiger partial charge < -0.3 is 15.0 Å². The molecule has 2 aromatic rings. The van der Waals surface area contributed by atoms with E-state index in [-0.39, 0.29) is 11.4 Å². The molecule has 0 saturated carbocycles. The molecule has 0 fully saturated rings. The molecule has 9 heteroatoms. The van der Waals surface area contributed by atoms with Crippen molar-refractivity contribution in [3.63, 3.8) is 0 Å². The van der Waals surface area contributed by atoms with Gasteiger partial charge in [-0.2, -0.15) is 4.98 Å². The lowest BCUT2D eigenvalue weighted by atomic mass is 10.2. The first kappa shape index (κ1) is 12.9. The van der Waals surface area contributed by atoms with Crippen LogP contribution in [0.4, 0.5) is 13.2 Å². The van der Waals surface area contributed by atoms with Crippen molar-refractivity contribution >= 4 is 5.91 Å². The van der Waals surface area contributed by atoms with Crippen molar-refractivity contribution in [2.24, 2.45) is 5.73 Å². The first-order valence-corrected chi connectivity index (χ1v) is 4.85. The fourth-order valence-corrected chi connectivity index (χ4v) is 1.27. The predicted octanol–water partition coefficient (Wildman–Crippen LogP) is 1.73. The minimum Gasteiger partial charge on any atom is -0.406 e. The first-order chi connectivity index (χ1) is 8.85. The van der Waals surface area contributed by atoms with Crippen LogP contribution in [-0.4, -0.2) is 22.4 Å². The van der Waals surface area contributed by atoms with Crippen LogP contribution in [0.5, 0.6) is 5.75 Å². The summed E-state index contributed by atoms with van der Waals surface area (Å²) in [4.78, 5) is 14.4. The van der Waals surface area contributed by atoms with Crippen molar-refractivity contribution in [1.29, 1.82) is 0 Å². The molecule has 0 saturated heterocycles. The summed E-state index contributed by atoms with van der Waals surface area (Å²) < 4.78 is 44.4. The van der Waals surface area contributed by atoms with Crippen LogP contribution < -0.4 is 10.5 Å². The Balaban J connectivity index is 2.29. The van der Waals surface area contributed by atoms with Gasteiger partial charge in [-0.05, 0) is 12.1 Å². The standard InChI is InChI=1S/C10H6F3N3O3/c11-10(12,13)18-6-3-1-2-5(4-6)8-15-9(7(14)17)19-16-8/h1-4H,(H2,14,17). The van der Waals surface area contributed by atoms with Crippen LogP contribution in [0.25, 0.3) is 11.4 Å². The number of alkyl halides is 3. The number of aromatic nitrogens is 2. The van der Waals surface area contributed by atoms with Crippen molar-refractivity contribution in [3.8, 4) is 17.1 Å². The van der Waals surface area contributed by atoms with E-state index in [0.29, 0.717) is 0 Å². The number of carbonyl (C=O) groups excluding carboxylic acids is 1. The summed E-state index contributed by atoms with van der Waals surface area (Å²) in [6.07, 6.45) is -4.80. The van der Waals surface area contributed by atoms with Gasteiger partial charge in [0, 0.05) is 5.56 Å². The summed E-state index contributed by atoms with van der Waals surface area (Å²) in [5, 5.41) is 3.42. The Morgan fingerprint density at radius 2 is 2.11 bits per heavy atom. The zero-order chi connectivity index (χ0) is 14.0. The Labute approximate surface area is 104 Å². The van der Waals surface area contributed by atoms with Gasteiger partial charge in [0.15, 0.2) is 0 Å². The fourth-order valence-electron chi connectivity index (χ4n) is 1.27. The highest BCUT2D eigenvalue weighted by Crippen LogP contribution is 2.26. The van der Waals surface area contributed by atoms with E-state index in [4.69, 9.17) is 5.73 Å². The molecule has 1 heterocycles. The smallest absolute Gasteiger partial charge is 0.406 e. The first-order valence-electron chi connectivity index (χ1n) is 4.85. The molecule has 6 nitrogen and oxygen atoms in total. The lowest BCUT2D eigenvalue weighted by molar-refractivity contribution is -0.274. The molecule has 1 aromatic heterocycles. The second-order valence-electron chi connectivity index (χ2n) is 3.36. The summed E-state index contributed by atoms with van der Waals surface area (Å²) in [5.74, 6) is -1.87. The predicted molar refractivity (Wildman–Crippen MR) is 54.9 cm³/mol. The lowest BCUT2D eigenvalue weighted by Crippen LogP contribution is -2.17. The Morgan fingerprint density at radius 3 is 2.68 bits per heavy atom. The Kier molecular flexibility index (Phi) is 3.11. The number of hydrogen-bond acceptors (Lipinski definition) is 5. The highest BCUT2D eigenvalue weighted by molar-refractivity contribution is 5.88. The van der Waals surface area contributed by atoms with Crippen molar-refractivity contribution in [3.05, 3.63) is 30.2 Å². The summed E-state index contributed by atoms with van der Waals surface area (Å²) in [5.41, 5.74) is 5.10. The van der Waals surface area contributed by atoms with Gasteiger partial charge >= 0.3 is 18.2 Å². The quantitative estimate of drug-likeness (QED) is 0.919. The van der Waals surface area contributed by atoms with Crippen LogP contribution in [-0.2, 0) is 0 Å². The molecule has 0 bridgehead atoms. The Bertz CT molecular complexity index is 609. The van der Waals surface area contributed by atoms with Gasteiger partial charge in [-0.25, -0.2) is 0 Å². The number of nitrogens with zero attached hydrogens (tertiary/aromatic N) is 2. The Hall–Kier alpha value is -2.58. The molecule has 0 atom stereocenters. The number of halogens is 3. The van der Waals surface area contributed by atoms with Gasteiger partial charge in [0.2, 0.25) is 5.82 Å². The molecule has 0 unspecified atom stereocenters. The SMILES string of the molecule is NC(=O)c1nc(-c2cccc(OC(F)(F)F)c2)no1. The molecule has 2 N–H and O–H groups in total. The van der Waals surface area contributed by atoms with E-state index in [1.807, 2.05) is 0 Å². The lowest BCUT2D eigenvalue weighted by Gasteiger charge is -2.08. The zero-order valence-corrected chi connectivity index (χ0v) is 9.14. The maximum Gasteiger partial charge on any atom is 0.573 e. The van der Waals surface area contributed by atoms with Gasteiger partial charge in [0.1, 0.15) is 5.75 Å². The molecule has 0 radical (unpaired) electrons. The monoisotopic (exact) mass is 273 g/mol. The normalized spacial score (nSPS) is 11.3. The molecule has 0 aliphatic rings. The van der Waals surface area contributed by atoms with E-state index in [1.54, 1.807) is 0 Å². The Morgan fingerprint density at radius 1 is 1.37 bits per heavy atom. The molecule has 0 aliphatic heterocycles. The van der Waals surface area contributed by atoms with Gasteiger partial charge in [-0.3, -0.25) is 4.79 Å². The van der Waals surface area contributed by atoms with Crippen LogP contribution >= 0.6 is 0 Å². The maximum absolute atomic E-state index is 12.1. The largest absolute Gasteiger partial charge is 0.573 e. The fraction of sp³-hybridized carbons (Fsp3) is 0.100. The third kappa shape index (κ3) is 3.21. The van der Waals surface area contributed by atoms with Gasteiger partial charge in [0.25, 0.3) is 0 Å². The van der Waals surface area contributed by atoms with Gasteiger partial charge in [-0.1, -0.05) is 17.3 Å². The molecule has 0 aliphatic carbocycles. The van der Waals surface area contributed by atoms with Crippen molar-refractivity contribution in [2.75, 3.05) is 0 Å². The van der Waals surface area contributed by atoms with Crippen LogP contribution in [0.3, 0.4) is 0 Å². The van der Waals surface area contributed by atoms with Crippen LogP contribution in [0.1, 0.15) is 10.7 Å². The van der Waals surface area contributed by atoms with E-state index in [0.717, 1.165) is 12.1 Å². The number of ether oxygens (including phenoxy) is 1. The third-order valence-electron chi connectivity index (χ3n) is 1.96. The number of carbonyl (C=O) groups is 1. The van der Waals surface area contributed by atoms with Crippen LogP contribution in [0, 0.1) is 0 Å². The van der Waals surface area contributed by atoms with E-state index in [2.05, 4.69) is 19.4 Å².